The average Bonchev–Trinajstić information content (AvgIpc) is 3.10. The van der Waals surface area contributed by atoms with Crippen LogP contribution in [0.4, 0.5) is 0 Å². The van der Waals surface area contributed by atoms with E-state index in [1.165, 1.54) is 17.4 Å². The molecule has 0 saturated heterocycles. The standard InChI is InChI=1S/C19H21ClN2O4S/c1-11(16(21)18(23)24)26-19(25)17(13-4-2-3-5-14(13)20)22-8-6-15-12(10-22)7-9-27-15/h2-5,7,9,11,16-17H,6,8,10,21H2,1H3,(H,23,24)/t11-,16+,17+/m1/s1. The van der Waals surface area contributed by atoms with Crippen LogP contribution < -0.4 is 5.73 Å². The summed E-state index contributed by atoms with van der Waals surface area (Å²) in [5.41, 5.74) is 7.41. The number of thiophene rings is 1. The van der Waals surface area contributed by atoms with E-state index in [9.17, 15) is 9.59 Å². The molecule has 1 aromatic heterocycles. The second-order valence-electron chi connectivity index (χ2n) is 6.52. The Balaban J connectivity index is 1.88. The number of carbonyl (C=O) groups is 2. The number of carboxylic acid groups (broad SMARTS) is 1. The van der Waals surface area contributed by atoms with Gasteiger partial charge in [-0.15, -0.1) is 11.3 Å². The average molecular weight is 409 g/mol. The van der Waals surface area contributed by atoms with Crippen molar-refractivity contribution in [3.05, 3.63) is 56.7 Å². The molecular formula is C19H21ClN2O4S. The maximum atomic E-state index is 13.0. The molecule has 0 bridgehead atoms. The van der Waals surface area contributed by atoms with Crippen LogP contribution in [0.1, 0.15) is 29.0 Å². The molecule has 144 valence electrons. The summed E-state index contributed by atoms with van der Waals surface area (Å²) in [5.74, 6) is -1.77. The highest BCUT2D eigenvalue weighted by Gasteiger charge is 2.35. The zero-order chi connectivity index (χ0) is 19.6. The van der Waals surface area contributed by atoms with Crippen molar-refractivity contribution in [1.29, 1.82) is 0 Å². The van der Waals surface area contributed by atoms with Gasteiger partial charge in [-0.3, -0.25) is 9.69 Å². The Bertz CT molecular complexity index is 841. The topological polar surface area (TPSA) is 92.9 Å². The predicted octanol–water partition coefficient (Wildman–Crippen LogP) is 2.84. The lowest BCUT2D eigenvalue weighted by atomic mass is 10.0. The van der Waals surface area contributed by atoms with Crippen molar-refractivity contribution in [2.24, 2.45) is 5.73 Å². The van der Waals surface area contributed by atoms with Crippen molar-refractivity contribution in [3.63, 3.8) is 0 Å². The molecule has 2 aromatic rings. The first-order valence-corrected chi connectivity index (χ1v) is 9.87. The van der Waals surface area contributed by atoms with E-state index in [0.29, 0.717) is 23.7 Å². The summed E-state index contributed by atoms with van der Waals surface area (Å²) in [6.45, 7) is 2.76. The van der Waals surface area contributed by atoms with Gasteiger partial charge in [-0.25, -0.2) is 4.79 Å². The normalized spacial score (nSPS) is 17.6. The van der Waals surface area contributed by atoms with Crippen molar-refractivity contribution < 1.29 is 19.4 Å². The highest BCUT2D eigenvalue weighted by Crippen LogP contribution is 2.34. The van der Waals surface area contributed by atoms with Crippen LogP contribution in [0.15, 0.2) is 35.7 Å². The van der Waals surface area contributed by atoms with Gasteiger partial charge in [-0.1, -0.05) is 29.8 Å². The van der Waals surface area contributed by atoms with E-state index in [2.05, 4.69) is 6.07 Å². The monoisotopic (exact) mass is 408 g/mol. The number of nitrogens with two attached hydrogens (primary N) is 1. The number of nitrogens with zero attached hydrogens (tertiary/aromatic N) is 1. The maximum absolute atomic E-state index is 13.0. The van der Waals surface area contributed by atoms with Gasteiger partial charge in [0.1, 0.15) is 18.2 Å². The van der Waals surface area contributed by atoms with Crippen molar-refractivity contribution in [3.8, 4) is 0 Å². The third kappa shape index (κ3) is 4.32. The first-order chi connectivity index (χ1) is 12.9. The Morgan fingerprint density at radius 3 is 2.78 bits per heavy atom. The molecule has 3 rings (SSSR count). The predicted molar refractivity (Wildman–Crippen MR) is 104 cm³/mol. The van der Waals surface area contributed by atoms with Gasteiger partial charge in [-0.2, -0.15) is 0 Å². The summed E-state index contributed by atoms with van der Waals surface area (Å²) < 4.78 is 5.43. The SMILES string of the molecule is C[C@@H](OC(=O)[C@H](c1ccccc1Cl)N1CCc2sccc2C1)[C@H](N)C(=O)O. The zero-order valence-electron chi connectivity index (χ0n) is 14.8. The molecule has 3 N–H and O–H groups in total. The molecule has 3 atom stereocenters. The van der Waals surface area contributed by atoms with Crippen molar-refractivity contribution in [2.45, 2.75) is 38.1 Å². The number of hydrogen-bond acceptors (Lipinski definition) is 6. The fourth-order valence-corrected chi connectivity index (χ4v) is 4.31. The smallest absolute Gasteiger partial charge is 0.328 e. The van der Waals surface area contributed by atoms with Gasteiger partial charge in [0.05, 0.1) is 0 Å². The molecule has 1 aliphatic rings. The number of ether oxygens (including phenoxy) is 1. The Kier molecular flexibility index (Phi) is 6.16. The van der Waals surface area contributed by atoms with Gasteiger partial charge in [0.25, 0.3) is 0 Å². The third-order valence-electron chi connectivity index (χ3n) is 4.72. The van der Waals surface area contributed by atoms with Crippen molar-refractivity contribution in [2.75, 3.05) is 6.54 Å². The third-order valence-corrected chi connectivity index (χ3v) is 6.09. The second kappa shape index (κ2) is 8.39. The van der Waals surface area contributed by atoms with Gasteiger partial charge in [-0.05, 0) is 42.0 Å². The molecule has 0 radical (unpaired) electrons. The number of benzene rings is 1. The van der Waals surface area contributed by atoms with Crippen LogP contribution in [0.5, 0.6) is 0 Å². The lowest BCUT2D eigenvalue weighted by Crippen LogP contribution is -2.45. The number of carbonyl (C=O) groups excluding carboxylic acids is 1. The van der Waals surface area contributed by atoms with E-state index >= 15 is 0 Å². The second-order valence-corrected chi connectivity index (χ2v) is 7.93. The number of esters is 1. The summed E-state index contributed by atoms with van der Waals surface area (Å²) in [6.07, 6.45) is -0.118. The molecule has 0 fully saturated rings. The number of hydrogen-bond donors (Lipinski definition) is 2. The molecule has 8 heteroatoms. The number of carboxylic acids is 1. The largest absolute Gasteiger partial charge is 0.480 e. The summed E-state index contributed by atoms with van der Waals surface area (Å²) in [5, 5.41) is 11.6. The van der Waals surface area contributed by atoms with Gasteiger partial charge in [0, 0.05) is 23.0 Å². The Hall–Kier alpha value is -1.93. The molecular weight excluding hydrogens is 388 g/mol. The molecule has 0 aliphatic carbocycles. The Morgan fingerprint density at radius 2 is 2.07 bits per heavy atom. The molecule has 27 heavy (non-hydrogen) atoms. The van der Waals surface area contributed by atoms with Gasteiger partial charge >= 0.3 is 11.9 Å². The molecule has 1 aromatic carbocycles. The minimum absolute atomic E-state index is 0.464. The summed E-state index contributed by atoms with van der Waals surface area (Å²) in [4.78, 5) is 27.4. The summed E-state index contributed by atoms with van der Waals surface area (Å²) >= 11 is 8.07. The first-order valence-electron chi connectivity index (χ1n) is 8.61. The number of rotatable bonds is 6. The summed E-state index contributed by atoms with van der Waals surface area (Å²) in [6, 6.07) is 7.17. The molecule has 0 unspecified atom stereocenters. The minimum Gasteiger partial charge on any atom is -0.480 e. The van der Waals surface area contributed by atoms with E-state index in [4.69, 9.17) is 27.2 Å². The highest BCUT2D eigenvalue weighted by molar-refractivity contribution is 7.10. The molecule has 1 aliphatic heterocycles. The Labute approximate surface area is 166 Å². The van der Waals surface area contributed by atoms with Crippen LogP contribution in [-0.4, -0.2) is 40.6 Å². The zero-order valence-corrected chi connectivity index (χ0v) is 16.4. The minimum atomic E-state index is -1.29. The fourth-order valence-electron chi connectivity index (χ4n) is 3.18. The molecule has 0 saturated carbocycles. The first kappa shape index (κ1) is 19.8. The van der Waals surface area contributed by atoms with Crippen molar-refractivity contribution >= 4 is 34.9 Å². The number of halogens is 1. The lowest BCUT2D eigenvalue weighted by molar-refractivity contribution is -0.159. The number of fused-ring (bicyclic) bond motifs is 1. The van der Waals surface area contributed by atoms with Crippen LogP contribution in [-0.2, 0) is 27.3 Å². The summed E-state index contributed by atoms with van der Waals surface area (Å²) in [7, 11) is 0. The fraction of sp³-hybridized carbons (Fsp3) is 0.368. The lowest BCUT2D eigenvalue weighted by Gasteiger charge is -2.34. The maximum Gasteiger partial charge on any atom is 0.328 e. The van der Waals surface area contributed by atoms with Crippen LogP contribution in [0.2, 0.25) is 5.02 Å². The van der Waals surface area contributed by atoms with E-state index in [-0.39, 0.29) is 0 Å². The van der Waals surface area contributed by atoms with Gasteiger partial charge in [0.15, 0.2) is 0 Å². The molecule has 0 spiro atoms. The van der Waals surface area contributed by atoms with Crippen LogP contribution >= 0.6 is 22.9 Å². The van der Waals surface area contributed by atoms with E-state index in [0.717, 1.165) is 6.42 Å². The molecule has 0 amide bonds. The molecule has 6 nitrogen and oxygen atoms in total. The van der Waals surface area contributed by atoms with Crippen LogP contribution in [0.25, 0.3) is 0 Å². The number of aliphatic carboxylic acids is 1. The van der Waals surface area contributed by atoms with Crippen LogP contribution in [0, 0.1) is 0 Å². The highest BCUT2D eigenvalue weighted by atomic mass is 35.5. The molecule has 2 heterocycles. The van der Waals surface area contributed by atoms with E-state index in [1.54, 1.807) is 29.5 Å². The van der Waals surface area contributed by atoms with Gasteiger partial charge < -0.3 is 15.6 Å². The van der Waals surface area contributed by atoms with Crippen molar-refractivity contribution in [1.82, 2.24) is 4.90 Å². The van der Waals surface area contributed by atoms with Crippen LogP contribution in [0.3, 0.4) is 0 Å². The quantitative estimate of drug-likeness (QED) is 0.714. The van der Waals surface area contributed by atoms with E-state index < -0.39 is 30.1 Å². The van der Waals surface area contributed by atoms with E-state index in [1.807, 2.05) is 16.3 Å². The van der Waals surface area contributed by atoms with Gasteiger partial charge in [0.2, 0.25) is 0 Å². The Morgan fingerprint density at radius 1 is 1.33 bits per heavy atom.